The fourth-order valence-corrected chi connectivity index (χ4v) is 4.42. The van der Waals surface area contributed by atoms with E-state index in [0.717, 1.165) is 51.3 Å². The first kappa shape index (κ1) is 18.7. The zero-order valence-electron chi connectivity index (χ0n) is 16.3. The number of nitriles is 1. The molecular formula is C22H26N4O2. The number of likely N-dealkylation sites (tertiary alicyclic amines) is 1. The molecule has 2 aliphatic rings. The summed E-state index contributed by atoms with van der Waals surface area (Å²) >= 11 is 0. The highest BCUT2D eigenvalue weighted by atomic mass is 16.5. The maximum absolute atomic E-state index is 13.0. The fraction of sp³-hybridized carbons (Fsp3) is 0.500. The van der Waals surface area contributed by atoms with E-state index in [-0.39, 0.29) is 11.9 Å². The smallest absolute Gasteiger partial charge is 0.253 e. The van der Waals surface area contributed by atoms with Gasteiger partial charge in [0.1, 0.15) is 5.82 Å². The average Bonchev–Trinajstić information content (AvgIpc) is 3.15. The number of imidazole rings is 1. The summed E-state index contributed by atoms with van der Waals surface area (Å²) in [5, 5.41) is 8.95. The summed E-state index contributed by atoms with van der Waals surface area (Å²) in [6, 6.07) is 9.27. The lowest BCUT2D eigenvalue weighted by molar-refractivity contribution is 0.0666. The molecular weight excluding hydrogens is 352 g/mol. The van der Waals surface area contributed by atoms with Crippen molar-refractivity contribution in [3.63, 3.8) is 0 Å². The number of amides is 1. The lowest BCUT2D eigenvalue weighted by Gasteiger charge is -2.36. The number of rotatable bonds is 3. The van der Waals surface area contributed by atoms with Crippen LogP contribution in [-0.2, 0) is 4.74 Å². The summed E-state index contributed by atoms with van der Waals surface area (Å²) < 4.78 is 7.89. The Morgan fingerprint density at radius 3 is 2.68 bits per heavy atom. The number of aryl methyl sites for hydroxylation is 1. The monoisotopic (exact) mass is 378 g/mol. The van der Waals surface area contributed by atoms with Gasteiger partial charge in [-0.1, -0.05) is 0 Å². The van der Waals surface area contributed by atoms with Crippen LogP contribution in [0.15, 0.2) is 30.5 Å². The van der Waals surface area contributed by atoms with E-state index < -0.39 is 0 Å². The maximum Gasteiger partial charge on any atom is 0.253 e. The second-order valence-electron chi connectivity index (χ2n) is 7.75. The van der Waals surface area contributed by atoms with Crippen LogP contribution in [0.1, 0.15) is 65.1 Å². The van der Waals surface area contributed by atoms with E-state index in [4.69, 9.17) is 15.0 Å². The molecule has 1 amide bonds. The molecule has 1 unspecified atom stereocenters. The second-order valence-corrected chi connectivity index (χ2v) is 7.75. The summed E-state index contributed by atoms with van der Waals surface area (Å²) in [5.41, 5.74) is 2.38. The van der Waals surface area contributed by atoms with Crippen molar-refractivity contribution in [1.82, 2.24) is 14.5 Å². The van der Waals surface area contributed by atoms with Crippen LogP contribution in [0.5, 0.6) is 0 Å². The molecule has 0 spiro atoms. The van der Waals surface area contributed by atoms with Crippen LogP contribution >= 0.6 is 0 Å². The lowest BCUT2D eigenvalue weighted by atomic mass is 9.97. The summed E-state index contributed by atoms with van der Waals surface area (Å²) in [7, 11) is 0. The van der Waals surface area contributed by atoms with Crippen molar-refractivity contribution in [1.29, 1.82) is 5.26 Å². The highest BCUT2D eigenvalue weighted by Crippen LogP contribution is 2.32. The Morgan fingerprint density at radius 1 is 1.21 bits per heavy atom. The molecule has 0 aliphatic carbocycles. The van der Waals surface area contributed by atoms with Gasteiger partial charge in [-0.25, -0.2) is 4.98 Å². The van der Waals surface area contributed by atoms with E-state index >= 15 is 0 Å². The van der Waals surface area contributed by atoms with Gasteiger partial charge in [-0.05, 0) is 56.9 Å². The predicted molar refractivity (Wildman–Crippen MR) is 105 cm³/mol. The number of benzene rings is 1. The summed E-state index contributed by atoms with van der Waals surface area (Å²) in [6.45, 7) is 5.17. The van der Waals surface area contributed by atoms with E-state index in [2.05, 4.69) is 17.6 Å². The average molecular weight is 378 g/mol. The number of hydrogen-bond acceptors (Lipinski definition) is 4. The van der Waals surface area contributed by atoms with Gasteiger partial charge in [0.2, 0.25) is 0 Å². The molecule has 2 fully saturated rings. The minimum atomic E-state index is 0.0413. The van der Waals surface area contributed by atoms with Crippen LogP contribution in [0.3, 0.4) is 0 Å². The van der Waals surface area contributed by atoms with Gasteiger partial charge in [0.25, 0.3) is 5.91 Å². The number of piperidine rings is 1. The third kappa shape index (κ3) is 3.67. The van der Waals surface area contributed by atoms with E-state index in [1.54, 1.807) is 24.3 Å². The molecule has 2 aliphatic heterocycles. The van der Waals surface area contributed by atoms with Crippen LogP contribution in [-0.4, -0.2) is 46.7 Å². The number of nitrogens with zero attached hydrogens (tertiary/aromatic N) is 4. The van der Waals surface area contributed by atoms with Crippen molar-refractivity contribution in [2.75, 3.05) is 26.3 Å². The van der Waals surface area contributed by atoms with E-state index in [9.17, 15) is 4.79 Å². The van der Waals surface area contributed by atoms with Gasteiger partial charge < -0.3 is 14.2 Å². The van der Waals surface area contributed by atoms with Crippen molar-refractivity contribution in [3.05, 3.63) is 53.1 Å². The summed E-state index contributed by atoms with van der Waals surface area (Å²) in [4.78, 5) is 19.7. The largest absolute Gasteiger partial charge is 0.381 e. The summed E-state index contributed by atoms with van der Waals surface area (Å²) in [5.74, 6) is 1.63. The van der Waals surface area contributed by atoms with E-state index in [1.165, 1.54) is 5.69 Å². The van der Waals surface area contributed by atoms with Gasteiger partial charge in [0, 0.05) is 49.7 Å². The van der Waals surface area contributed by atoms with Crippen molar-refractivity contribution < 1.29 is 9.53 Å². The Balaban J connectivity index is 1.53. The standard InChI is InChI=1S/C22H26N4O2/c1-16-14-24-21(18-8-11-28-12-9-18)26(16)20-3-2-10-25(15-20)22(27)19-6-4-17(13-23)5-7-19/h4-7,14,18,20H,2-3,8-12,15H2,1H3. The number of hydrogen-bond donors (Lipinski definition) is 0. The molecule has 28 heavy (non-hydrogen) atoms. The van der Waals surface area contributed by atoms with Gasteiger partial charge in [-0.15, -0.1) is 0 Å². The first-order chi connectivity index (χ1) is 13.7. The molecule has 0 saturated carbocycles. The maximum atomic E-state index is 13.0. The van der Waals surface area contributed by atoms with Crippen LogP contribution in [0.4, 0.5) is 0 Å². The third-order valence-electron chi connectivity index (χ3n) is 5.91. The number of ether oxygens (including phenoxy) is 1. The molecule has 1 atom stereocenters. The molecule has 0 N–H and O–H groups in total. The molecule has 2 aromatic rings. The Kier molecular flexibility index (Phi) is 5.45. The molecule has 146 valence electrons. The second kappa shape index (κ2) is 8.15. The van der Waals surface area contributed by atoms with Gasteiger partial charge in [0.15, 0.2) is 0 Å². The first-order valence-electron chi connectivity index (χ1n) is 10.1. The third-order valence-corrected chi connectivity index (χ3v) is 5.91. The van der Waals surface area contributed by atoms with Crippen LogP contribution in [0.25, 0.3) is 0 Å². The first-order valence-corrected chi connectivity index (χ1v) is 10.1. The number of aromatic nitrogens is 2. The van der Waals surface area contributed by atoms with Gasteiger partial charge >= 0.3 is 0 Å². The van der Waals surface area contributed by atoms with Gasteiger partial charge in [-0.2, -0.15) is 5.26 Å². The predicted octanol–water partition coefficient (Wildman–Crippen LogP) is 3.43. The van der Waals surface area contributed by atoms with Crippen molar-refractivity contribution in [2.24, 2.45) is 0 Å². The quantitative estimate of drug-likeness (QED) is 0.820. The summed E-state index contributed by atoms with van der Waals surface area (Å²) in [6.07, 6.45) is 6.03. The zero-order valence-corrected chi connectivity index (χ0v) is 16.3. The molecule has 3 heterocycles. The van der Waals surface area contributed by atoms with Crippen LogP contribution in [0, 0.1) is 18.3 Å². The molecule has 1 aromatic heterocycles. The number of carbonyl (C=O) groups is 1. The Morgan fingerprint density at radius 2 is 1.96 bits per heavy atom. The highest BCUT2D eigenvalue weighted by molar-refractivity contribution is 5.94. The Labute approximate surface area is 165 Å². The van der Waals surface area contributed by atoms with Crippen LogP contribution < -0.4 is 0 Å². The number of carbonyl (C=O) groups excluding carboxylic acids is 1. The fourth-order valence-electron chi connectivity index (χ4n) is 4.42. The van der Waals surface area contributed by atoms with Crippen molar-refractivity contribution in [3.8, 4) is 6.07 Å². The van der Waals surface area contributed by atoms with E-state index in [0.29, 0.717) is 23.6 Å². The molecule has 0 radical (unpaired) electrons. The minimum absolute atomic E-state index is 0.0413. The highest BCUT2D eigenvalue weighted by Gasteiger charge is 2.30. The van der Waals surface area contributed by atoms with Crippen molar-refractivity contribution >= 4 is 5.91 Å². The zero-order chi connectivity index (χ0) is 19.5. The molecule has 6 nitrogen and oxygen atoms in total. The molecule has 6 heteroatoms. The molecule has 1 aromatic carbocycles. The normalized spacial score (nSPS) is 20.7. The van der Waals surface area contributed by atoms with E-state index in [1.807, 2.05) is 11.1 Å². The molecule has 4 rings (SSSR count). The minimum Gasteiger partial charge on any atom is -0.381 e. The van der Waals surface area contributed by atoms with Gasteiger partial charge in [-0.3, -0.25) is 4.79 Å². The SMILES string of the molecule is Cc1cnc(C2CCOCC2)n1C1CCCN(C(=O)c2ccc(C#N)cc2)C1. The lowest BCUT2D eigenvalue weighted by Crippen LogP contribution is -2.41. The molecule has 0 bridgehead atoms. The molecule has 2 saturated heterocycles. The van der Waals surface area contributed by atoms with Gasteiger partial charge in [0.05, 0.1) is 17.7 Å². The van der Waals surface area contributed by atoms with Crippen molar-refractivity contribution in [2.45, 2.75) is 44.6 Å². The topological polar surface area (TPSA) is 71.2 Å². The Hall–Kier alpha value is -2.65. The Bertz CT molecular complexity index is 875. The van der Waals surface area contributed by atoms with Crippen LogP contribution in [0.2, 0.25) is 0 Å².